The van der Waals surface area contributed by atoms with E-state index in [1.54, 1.807) is 39.9 Å². The van der Waals surface area contributed by atoms with E-state index >= 15 is 0 Å². The molecule has 0 unspecified atom stereocenters. The number of carbonyl (C=O) groups is 1. The van der Waals surface area contributed by atoms with Gasteiger partial charge < -0.3 is 20.1 Å². The Morgan fingerprint density at radius 2 is 1.92 bits per heavy atom. The molecular weight excluding hydrogens is 456 g/mol. The molecule has 0 radical (unpaired) electrons. The molecule has 0 aliphatic carbocycles. The summed E-state index contributed by atoms with van der Waals surface area (Å²) in [6, 6.07) is 13.3. The Labute approximate surface area is 208 Å². The number of imidazole rings is 1. The SMILES string of the molecule is CNC(=O)c1cc2c(cc1C)nc(NCc1ccc(OC)cc1OC)c1cnc(-c3cccnc3)n12. The quantitative estimate of drug-likeness (QED) is 0.358. The van der Waals surface area contributed by atoms with Gasteiger partial charge in [0.25, 0.3) is 5.91 Å². The molecule has 0 aliphatic rings. The van der Waals surface area contributed by atoms with Gasteiger partial charge in [0.15, 0.2) is 5.82 Å². The molecule has 36 heavy (non-hydrogen) atoms. The highest BCUT2D eigenvalue weighted by atomic mass is 16.5. The van der Waals surface area contributed by atoms with E-state index < -0.39 is 0 Å². The predicted octanol–water partition coefficient (Wildman–Crippen LogP) is 4.24. The lowest BCUT2D eigenvalue weighted by atomic mass is 10.1. The molecule has 0 aliphatic heterocycles. The Morgan fingerprint density at radius 1 is 1.06 bits per heavy atom. The number of pyridine rings is 1. The van der Waals surface area contributed by atoms with E-state index in [1.165, 1.54) is 0 Å². The molecule has 0 bridgehead atoms. The topological polar surface area (TPSA) is 103 Å². The van der Waals surface area contributed by atoms with Crippen LogP contribution in [0.3, 0.4) is 0 Å². The zero-order valence-corrected chi connectivity index (χ0v) is 20.5. The number of carbonyl (C=O) groups excluding carboxylic acids is 1. The van der Waals surface area contributed by atoms with Gasteiger partial charge >= 0.3 is 0 Å². The number of fused-ring (bicyclic) bond motifs is 3. The van der Waals surface area contributed by atoms with Gasteiger partial charge in [0.05, 0.1) is 31.4 Å². The van der Waals surface area contributed by atoms with E-state index in [1.807, 2.05) is 53.8 Å². The summed E-state index contributed by atoms with van der Waals surface area (Å²) in [5.41, 5.74) is 5.52. The zero-order chi connectivity index (χ0) is 25.2. The van der Waals surface area contributed by atoms with Crippen LogP contribution in [-0.4, -0.2) is 46.5 Å². The summed E-state index contributed by atoms with van der Waals surface area (Å²) in [7, 11) is 4.88. The Morgan fingerprint density at radius 3 is 2.64 bits per heavy atom. The summed E-state index contributed by atoms with van der Waals surface area (Å²) in [5.74, 6) is 2.66. The summed E-state index contributed by atoms with van der Waals surface area (Å²) in [6.45, 7) is 2.38. The van der Waals surface area contributed by atoms with E-state index in [-0.39, 0.29) is 5.91 Å². The van der Waals surface area contributed by atoms with E-state index in [0.29, 0.717) is 29.5 Å². The average Bonchev–Trinajstić information content (AvgIpc) is 3.37. The summed E-state index contributed by atoms with van der Waals surface area (Å²) in [5, 5.41) is 6.17. The van der Waals surface area contributed by atoms with Crippen molar-refractivity contribution in [3.05, 3.63) is 77.7 Å². The molecule has 1 amide bonds. The van der Waals surface area contributed by atoms with Crippen LogP contribution in [0.5, 0.6) is 11.5 Å². The Bertz CT molecular complexity index is 1580. The average molecular weight is 483 g/mol. The smallest absolute Gasteiger partial charge is 0.251 e. The Balaban J connectivity index is 1.68. The summed E-state index contributed by atoms with van der Waals surface area (Å²) >= 11 is 0. The van der Waals surface area contributed by atoms with Crippen molar-refractivity contribution in [3.8, 4) is 22.9 Å². The molecule has 2 aromatic carbocycles. The predicted molar refractivity (Wildman–Crippen MR) is 139 cm³/mol. The van der Waals surface area contributed by atoms with Crippen LogP contribution in [0.25, 0.3) is 27.9 Å². The first kappa shape index (κ1) is 23.1. The molecular formula is C27H26N6O3. The third-order valence-electron chi connectivity index (χ3n) is 6.13. The molecule has 2 N–H and O–H groups in total. The molecule has 182 valence electrons. The number of methoxy groups -OCH3 is 2. The first-order valence-electron chi connectivity index (χ1n) is 11.4. The molecule has 0 fully saturated rings. The molecule has 5 rings (SSSR count). The fourth-order valence-electron chi connectivity index (χ4n) is 4.28. The van der Waals surface area contributed by atoms with Crippen LogP contribution in [-0.2, 0) is 6.54 Å². The maximum Gasteiger partial charge on any atom is 0.251 e. The molecule has 0 saturated carbocycles. The molecule has 0 saturated heterocycles. The molecule has 0 atom stereocenters. The number of anilines is 1. The lowest BCUT2D eigenvalue weighted by Crippen LogP contribution is -2.19. The number of nitrogens with zero attached hydrogens (tertiary/aromatic N) is 4. The second-order valence-electron chi connectivity index (χ2n) is 8.27. The van der Waals surface area contributed by atoms with Crippen molar-refractivity contribution in [2.24, 2.45) is 0 Å². The number of rotatable bonds is 7. The van der Waals surface area contributed by atoms with Crippen molar-refractivity contribution in [1.82, 2.24) is 24.7 Å². The van der Waals surface area contributed by atoms with Crippen molar-refractivity contribution in [3.63, 3.8) is 0 Å². The van der Waals surface area contributed by atoms with Crippen LogP contribution >= 0.6 is 0 Å². The molecule has 5 aromatic rings. The van der Waals surface area contributed by atoms with Crippen molar-refractivity contribution < 1.29 is 14.3 Å². The summed E-state index contributed by atoms with van der Waals surface area (Å²) in [4.78, 5) is 26.4. The van der Waals surface area contributed by atoms with Gasteiger partial charge in [-0.2, -0.15) is 0 Å². The van der Waals surface area contributed by atoms with Gasteiger partial charge in [-0.05, 0) is 48.9 Å². The van der Waals surface area contributed by atoms with Gasteiger partial charge in [0.1, 0.15) is 22.8 Å². The van der Waals surface area contributed by atoms with Gasteiger partial charge in [0.2, 0.25) is 0 Å². The third kappa shape index (κ3) is 4.04. The monoisotopic (exact) mass is 482 g/mol. The number of aryl methyl sites for hydroxylation is 1. The number of hydrogen-bond donors (Lipinski definition) is 2. The third-order valence-corrected chi connectivity index (χ3v) is 6.13. The van der Waals surface area contributed by atoms with Gasteiger partial charge in [-0.1, -0.05) is 0 Å². The molecule has 3 heterocycles. The highest BCUT2D eigenvalue weighted by molar-refractivity contribution is 6.00. The van der Waals surface area contributed by atoms with Gasteiger partial charge in [-0.25, -0.2) is 9.97 Å². The molecule has 0 spiro atoms. The number of hydrogen-bond acceptors (Lipinski definition) is 7. The number of ether oxygens (including phenoxy) is 2. The highest BCUT2D eigenvalue weighted by Gasteiger charge is 2.18. The van der Waals surface area contributed by atoms with Crippen LogP contribution < -0.4 is 20.1 Å². The van der Waals surface area contributed by atoms with E-state index in [0.717, 1.165) is 39.0 Å². The van der Waals surface area contributed by atoms with E-state index in [4.69, 9.17) is 19.4 Å². The number of benzene rings is 2. The van der Waals surface area contributed by atoms with Crippen molar-refractivity contribution in [1.29, 1.82) is 0 Å². The largest absolute Gasteiger partial charge is 0.497 e. The van der Waals surface area contributed by atoms with E-state index in [9.17, 15) is 4.79 Å². The van der Waals surface area contributed by atoms with Crippen molar-refractivity contribution >= 4 is 28.3 Å². The van der Waals surface area contributed by atoms with Crippen LogP contribution in [0.1, 0.15) is 21.5 Å². The van der Waals surface area contributed by atoms with Crippen LogP contribution in [0, 0.1) is 6.92 Å². The molecule has 9 heteroatoms. The maximum absolute atomic E-state index is 12.5. The lowest BCUT2D eigenvalue weighted by Gasteiger charge is -2.15. The van der Waals surface area contributed by atoms with Crippen molar-refractivity contribution in [2.75, 3.05) is 26.6 Å². The minimum absolute atomic E-state index is 0.153. The Hall–Kier alpha value is -4.66. The van der Waals surface area contributed by atoms with Crippen LogP contribution in [0.15, 0.2) is 61.1 Å². The van der Waals surface area contributed by atoms with Crippen LogP contribution in [0.4, 0.5) is 5.82 Å². The summed E-state index contributed by atoms with van der Waals surface area (Å²) in [6.07, 6.45) is 5.27. The highest BCUT2D eigenvalue weighted by Crippen LogP contribution is 2.31. The number of nitrogens with one attached hydrogen (secondary N) is 2. The normalized spacial score (nSPS) is 11.0. The van der Waals surface area contributed by atoms with E-state index in [2.05, 4.69) is 15.6 Å². The van der Waals surface area contributed by atoms with Gasteiger partial charge in [-0.15, -0.1) is 0 Å². The first-order valence-corrected chi connectivity index (χ1v) is 11.4. The standard InChI is InChI=1S/C27H26N6O3/c1-16-10-21-22(12-20(16)27(34)28-2)33-23(15-31-26(33)18-6-5-9-29-13-18)25(32-21)30-14-17-7-8-19(35-3)11-24(17)36-4/h5-13,15H,14H2,1-4H3,(H,28,34)(H,30,32). The minimum Gasteiger partial charge on any atom is -0.497 e. The second kappa shape index (κ2) is 9.53. The molecule has 3 aromatic heterocycles. The lowest BCUT2D eigenvalue weighted by molar-refractivity contribution is 0.0962. The fourth-order valence-corrected chi connectivity index (χ4v) is 4.28. The van der Waals surface area contributed by atoms with Gasteiger partial charge in [-0.3, -0.25) is 14.2 Å². The maximum atomic E-state index is 12.5. The van der Waals surface area contributed by atoms with Crippen molar-refractivity contribution in [2.45, 2.75) is 13.5 Å². The summed E-state index contributed by atoms with van der Waals surface area (Å²) < 4.78 is 12.9. The zero-order valence-electron chi connectivity index (χ0n) is 20.5. The second-order valence-corrected chi connectivity index (χ2v) is 8.27. The number of amides is 1. The molecule has 9 nitrogen and oxygen atoms in total. The Kier molecular flexibility index (Phi) is 6.12. The number of aromatic nitrogens is 4. The minimum atomic E-state index is -0.153. The first-order chi connectivity index (χ1) is 17.5. The fraction of sp³-hybridized carbons (Fsp3) is 0.185. The van der Waals surface area contributed by atoms with Crippen LogP contribution in [0.2, 0.25) is 0 Å². The van der Waals surface area contributed by atoms with Gasteiger partial charge in [0, 0.05) is 48.7 Å².